The summed E-state index contributed by atoms with van der Waals surface area (Å²) in [7, 11) is 5.38. The van der Waals surface area contributed by atoms with Crippen molar-refractivity contribution in [3.63, 3.8) is 0 Å². The van der Waals surface area contributed by atoms with E-state index in [1.165, 1.54) is 0 Å². The van der Waals surface area contributed by atoms with Crippen LogP contribution in [0, 0.1) is 0 Å². The lowest BCUT2D eigenvalue weighted by Crippen LogP contribution is -2.53. The molecule has 0 unspecified atom stereocenters. The van der Waals surface area contributed by atoms with Crippen LogP contribution in [-0.2, 0) is 4.79 Å². The highest BCUT2D eigenvalue weighted by molar-refractivity contribution is 5.78. The average Bonchev–Trinajstić information content (AvgIpc) is 2.56. The molecule has 1 N–H and O–H groups in total. The highest BCUT2D eigenvalue weighted by Crippen LogP contribution is 2.29. The van der Waals surface area contributed by atoms with Crippen LogP contribution in [0.15, 0.2) is 18.2 Å². The average molecular weight is 335 g/mol. The smallest absolute Gasteiger partial charge is 0.234 e. The monoisotopic (exact) mass is 335 g/mol. The Kier molecular flexibility index (Phi) is 6.45. The maximum absolute atomic E-state index is 12.4. The van der Waals surface area contributed by atoms with Crippen LogP contribution in [0.2, 0.25) is 0 Å². The van der Waals surface area contributed by atoms with Crippen molar-refractivity contribution in [3.05, 3.63) is 23.8 Å². The molecule has 24 heavy (non-hydrogen) atoms. The largest absolute Gasteiger partial charge is 0.497 e. The van der Waals surface area contributed by atoms with Gasteiger partial charge in [-0.15, -0.1) is 0 Å². The summed E-state index contributed by atoms with van der Waals surface area (Å²) in [5.41, 5.74) is 0.914. The van der Waals surface area contributed by atoms with E-state index in [0.29, 0.717) is 12.6 Å². The van der Waals surface area contributed by atoms with Crippen LogP contribution in [0.25, 0.3) is 0 Å². The van der Waals surface area contributed by atoms with Gasteiger partial charge in [-0.05, 0) is 39.1 Å². The molecular formula is C18H29N3O3. The molecule has 1 amide bonds. The van der Waals surface area contributed by atoms with Gasteiger partial charge >= 0.3 is 0 Å². The van der Waals surface area contributed by atoms with Crippen molar-refractivity contribution < 1.29 is 14.3 Å². The van der Waals surface area contributed by atoms with E-state index >= 15 is 0 Å². The Bertz CT molecular complexity index is 564. The van der Waals surface area contributed by atoms with Crippen LogP contribution in [0.5, 0.6) is 11.5 Å². The molecule has 1 aromatic carbocycles. The Balaban J connectivity index is 1.98. The number of amides is 1. The quantitative estimate of drug-likeness (QED) is 0.854. The van der Waals surface area contributed by atoms with E-state index < -0.39 is 0 Å². The van der Waals surface area contributed by atoms with E-state index in [1.54, 1.807) is 14.2 Å². The third kappa shape index (κ3) is 4.61. The van der Waals surface area contributed by atoms with Crippen molar-refractivity contribution >= 4 is 5.91 Å². The van der Waals surface area contributed by atoms with Gasteiger partial charge in [-0.3, -0.25) is 9.69 Å². The van der Waals surface area contributed by atoms with Gasteiger partial charge in [0.1, 0.15) is 11.5 Å². The Labute approximate surface area is 144 Å². The van der Waals surface area contributed by atoms with Crippen LogP contribution in [-0.4, -0.2) is 69.2 Å². The van der Waals surface area contributed by atoms with Crippen LogP contribution in [0.3, 0.4) is 0 Å². The fraction of sp³-hybridized carbons (Fsp3) is 0.611. The second-order valence-electron chi connectivity index (χ2n) is 6.48. The van der Waals surface area contributed by atoms with E-state index in [9.17, 15) is 4.79 Å². The van der Waals surface area contributed by atoms with Gasteiger partial charge < -0.3 is 19.7 Å². The Morgan fingerprint density at radius 1 is 1.33 bits per heavy atom. The zero-order valence-electron chi connectivity index (χ0n) is 15.3. The molecule has 2 rings (SSSR count). The summed E-state index contributed by atoms with van der Waals surface area (Å²) >= 11 is 0. The van der Waals surface area contributed by atoms with Crippen LogP contribution in [0.1, 0.15) is 25.5 Å². The number of methoxy groups -OCH3 is 2. The third-order valence-electron chi connectivity index (χ3n) is 4.60. The zero-order valence-corrected chi connectivity index (χ0v) is 15.3. The van der Waals surface area contributed by atoms with Crippen molar-refractivity contribution in [2.24, 2.45) is 0 Å². The maximum Gasteiger partial charge on any atom is 0.234 e. The van der Waals surface area contributed by atoms with Gasteiger partial charge in [0.15, 0.2) is 0 Å². The summed E-state index contributed by atoms with van der Waals surface area (Å²) in [6, 6.07) is 5.85. The minimum Gasteiger partial charge on any atom is -0.497 e. The highest BCUT2D eigenvalue weighted by Gasteiger charge is 2.24. The summed E-state index contributed by atoms with van der Waals surface area (Å²) < 4.78 is 10.7. The Morgan fingerprint density at radius 2 is 2.08 bits per heavy atom. The summed E-state index contributed by atoms with van der Waals surface area (Å²) in [6.45, 7) is 7.46. The Hall–Kier alpha value is -1.79. The molecule has 134 valence electrons. The number of carbonyl (C=O) groups is 1. The number of nitrogens with one attached hydrogen (secondary N) is 1. The van der Waals surface area contributed by atoms with Gasteiger partial charge in [-0.25, -0.2) is 0 Å². The lowest BCUT2D eigenvalue weighted by atomic mass is 10.1. The summed E-state index contributed by atoms with van der Waals surface area (Å²) in [4.78, 5) is 17.0. The number of likely N-dealkylation sites (N-methyl/N-ethyl adjacent to an activating group) is 1. The zero-order chi connectivity index (χ0) is 17.7. The van der Waals surface area contributed by atoms with Gasteiger partial charge in [-0.2, -0.15) is 0 Å². The molecule has 0 radical (unpaired) electrons. The van der Waals surface area contributed by atoms with E-state index in [1.807, 2.05) is 25.1 Å². The van der Waals surface area contributed by atoms with Crippen LogP contribution in [0.4, 0.5) is 0 Å². The molecule has 1 aromatic rings. The summed E-state index contributed by atoms with van der Waals surface area (Å²) in [5, 5.41) is 3.07. The van der Waals surface area contributed by atoms with E-state index in [0.717, 1.165) is 36.7 Å². The first kappa shape index (κ1) is 18.5. The van der Waals surface area contributed by atoms with Crippen molar-refractivity contribution in [1.29, 1.82) is 0 Å². The molecule has 6 nitrogen and oxygen atoms in total. The molecule has 1 heterocycles. The van der Waals surface area contributed by atoms with E-state index in [4.69, 9.17) is 9.47 Å². The van der Waals surface area contributed by atoms with Crippen LogP contribution >= 0.6 is 0 Å². The second kappa shape index (κ2) is 8.35. The van der Waals surface area contributed by atoms with Gasteiger partial charge in [0.25, 0.3) is 0 Å². The fourth-order valence-electron chi connectivity index (χ4n) is 3.14. The normalized spacial score (nSPS) is 20.5. The van der Waals surface area contributed by atoms with Crippen LogP contribution < -0.4 is 14.8 Å². The first-order chi connectivity index (χ1) is 11.4. The molecule has 6 heteroatoms. The number of hydrogen-bond acceptors (Lipinski definition) is 5. The summed E-state index contributed by atoms with van der Waals surface area (Å²) in [6.07, 6.45) is 0. The maximum atomic E-state index is 12.4. The highest BCUT2D eigenvalue weighted by atomic mass is 16.5. The van der Waals surface area contributed by atoms with Gasteiger partial charge in [0, 0.05) is 31.2 Å². The SMILES string of the molecule is COc1ccc(OC)c([C@@H](C)NC(=O)CN2CCN(C)C[C@H]2C)c1. The molecule has 1 fully saturated rings. The van der Waals surface area contributed by atoms with Crippen molar-refractivity contribution in [1.82, 2.24) is 15.1 Å². The first-order valence-electron chi connectivity index (χ1n) is 8.38. The molecule has 1 aliphatic rings. The van der Waals surface area contributed by atoms with Gasteiger partial charge in [-0.1, -0.05) is 0 Å². The Morgan fingerprint density at radius 3 is 2.71 bits per heavy atom. The number of piperazine rings is 1. The minimum absolute atomic E-state index is 0.0313. The van der Waals surface area contributed by atoms with Gasteiger partial charge in [0.05, 0.1) is 26.8 Å². The molecule has 0 bridgehead atoms. The van der Waals surface area contributed by atoms with Gasteiger partial charge in [0.2, 0.25) is 5.91 Å². The molecular weight excluding hydrogens is 306 g/mol. The standard InChI is InChI=1S/C18H29N3O3/c1-13-11-20(3)8-9-21(13)12-18(22)19-14(2)16-10-15(23-4)6-7-17(16)24-5/h6-7,10,13-14H,8-9,11-12H2,1-5H3,(H,19,22)/t13-,14-/m1/s1. The lowest BCUT2D eigenvalue weighted by Gasteiger charge is -2.37. The number of benzene rings is 1. The predicted molar refractivity (Wildman–Crippen MR) is 94.6 cm³/mol. The molecule has 0 spiro atoms. The van der Waals surface area contributed by atoms with Crippen molar-refractivity contribution in [3.8, 4) is 11.5 Å². The van der Waals surface area contributed by atoms with Crippen molar-refractivity contribution in [2.75, 3.05) is 47.4 Å². The first-order valence-corrected chi connectivity index (χ1v) is 8.38. The fourth-order valence-corrected chi connectivity index (χ4v) is 3.14. The number of hydrogen-bond donors (Lipinski definition) is 1. The molecule has 0 aliphatic carbocycles. The van der Waals surface area contributed by atoms with E-state index in [2.05, 4.69) is 29.1 Å². The second-order valence-corrected chi connectivity index (χ2v) is 6.48. The summed E-state index contributed by atoms with van der Waals surface area (Å²) in [5.74, 6) is 1.53. The molecule has 0 aromatic heterocycles. The minimum atomic E-state index is -0.148. The molecule has 2 atom stereocenters. The predicted octanol–water partition coefficient (Wildman–Crippen LogP) is 1.52. The number of nitrogens with zero attached hydrogens (tertiary/aromatic N) is 2. The third-order valence-corrected chi connectivity index (χ3v) is 4.60. The number of rotatable bonds is 6. The number of ether oxygens (including phenoxy) is 2. The topological polar surface area (TPSA) is 54.0 Å². The molecule has 0 saturated carbocycles. The van der Waals surface area contributed by atoms with E-state index in [-0.39, 0.29) is 11.9 Å². The lowest BCUT2D eigenvalue weighted by molar-refractivity contribution is -0.124. The van der Waals surface area contributed by atoms with Crippen molar-refractivity contribution in [2.45, 2.75) is 25.9 Å². The number of carbonyl (C=O) groups excluding carboxylic acids is 1. The molecule has 1 saturated heterocycles. The molecule has 1 aliphatic heterocycles.